The van der Waals surface area contributed by atoms with Gasteiger partial charge >= 0.3 is 0 Å². The Hall–Kier alpha value is -3.52. The van der Waals surface area contributed by atoms with E-state index in [9.17, 15) is 0 Å². The normalized spacial score (nSPS) is 12.1. The Labute approximate surface area is 218 Å². The van der Waals surface area contributed by atoms with Gasteiger partial charge in [-0.1, -0.05) is 30.3 Å². The van der Waals surface area contributed by atoms with Crippen molar-refractivity contribution in [2.45, 2.75) is 20.8 Å². The van der Waals surface area contributed by atoms with Crippen LogP contribution in [0.3, 0.4) is 0 Å². The minimum atomic E-state index is 0. The molecule has 0 fully saturated rings. The molecular weight excluding hydrogens is 523 g/mol. The van der Waals surface area contributed by atoms with Gasteiger partial charge in [0, 0.05) is 49.6 Å². The molecule has 35 heavy (non-hydrogen) atoms. The maximum Gasteiger partial charge on any atom is 0.0659 e. The SMILES string of the molecule is Cc1cc2cc3nc(cc4nc(cc5c(-c6ccccc6)c(C)c(c(C)c1[nH]2)n5C)C=C4)C=C3.[Pd]. The van der Waals surface area contributed by atoms with Crippen molar-refractivity contribution in [2.75, 3.05) is 0 Å². The van der Waals surface area contributed by atoms with Gasteiger partial charge in [0.25, 0.3) is 0 Å². The second-order valence-corrected chi connectivity index (χ2v) is 9.09. The van der Waals surface area contributed by atoms with E-state index in [-0.39, 0.29) is 20.4 Å². The molecule has 1 N–H and O–H groups in total. The minimum absolute atomic E-state index is 0. The number of H-pyrrole nitrogens is 1. The van der Waals surface area contributed by atoms with Gasteiger partial charge < -0.3 is 9.55 Å². The summed E-state index contributed by atoms with van der Waals surface area (Å²) in [5.74, 6) is 0. The number of hydrogen-bond donors (Lipinski definition) is 1. The molecule has 176 valence electrons. The van der Waals surface area contributed by atoms with Crippen molar-refractivity contribution in [2.24, 2.45) is 7.05 Å². The maximum absolute atomic E-state index is 4.87. The van der Waals surface area contributed by atoms with Gasteiger partial charge in [-0.05, 0) is 91.6 Å². The van der Waals surface area contributed by atoms with Crippen molar-refractivity contribution in [3.05, 3.63) is 94.1 Å². The van der Waals surface area contributed by atoms with Crippen LogP contribution in [0.2, 0.25) is 0 Å². The van der Waals surface area contributed by atoms with Crippen LogP contribution in [0.25, 0.3) is 57.5 Å². The van der Waals surface area contributed by atoms with Crippen LogP contribution < -0.4 is 0 Å². The van der Waals surface area contributed by atoms with Crippen LogP contribution in [-0.2, 0) is 27.5 Å². The first-order chi connectivity index (χ1) is 16.5. The van der Waals surface area contributed by atoms with Gasteiger partial charge in [0.2, 0.25) is 0 Å². The number of aryl methyl sites for hydroxylation is 4. The summed E-state index contributed by atoms with van der Waals surface area (Å²) >= 11 is 0. The summed E-state index contributed by atoms with van der Waals surface area (Å²) in [6.45, 7) is 6.60. The van der Waals surface area contributed by atoms with Gasteiger partial charge in [-0.25, -0.2) is 9.97 Å². The maximum atomic E-state index is 4.87. The largest absolute Gasteiger partial charge is 0.355 e. The molecule has 0 radical (unpaired) electrons. The summed E-state index contributed by atoms with van der Waals surface area (Å²) in [5, 5.41) is 0. The van der Waals surface area contributed by atoms with E-state index in [4.69, 9.17) is 9.97 Å². The van der Waals surface area contributed by atoms with Gasteiger partial charge in [0.05, 0.1) is 28.3 Å². The second-order valence-electron chi connectivity index (χ2n) is 9.09. The molecule has 5 heterocycles. The number of fused-ring (bicyclic) bond motifs is 8. The zero-order chi connectivity index (χ0) is 23.4. The minimum Gasteiger partial charge on any atom is -0.355 e. The predicted octanol–water partition coefficient (Wildman–Crippen LogP) is 7.26. The fraction of sp³-hybridized carbons (Fsp3) is 0.133. The molecule has 0 saturated heterocycles. The molecule has 0 aliphatic carbocycles. The molecule has 0 saturated carbocycles. The zero-order valence-electron chi connectivity index (χ0n) is 20.2. The fourth-order valence-electron chi connectivity index (χ4n) is 5.25. The number of rotatable bonds is 1. The number of aromatic nitrogens is 4. The van der Waals surface area contributed by atoms with Crippen LogP contribution in [0.15, 0.2) is 54.6 Å². The van der Waals surface area contributed by atoms with E-state index in [0.29, 0.717) is 0 Å². The Morgan fingerprint density at radius 1 is 0.714 bits per heavy atom. The number of aromatic amines is 1. The first-order valence-corrected chi connectivity index (χ1v) is 11.6. The van der Waals surface area contributed by atoms with Gasteiger partial charge in [0.1, 0.15) is 0 Å². The molecule has 8 bridgehead atoms. The van der Waals surface area contributed by atoms with Crippen LogP contribution >= 0.6 is 0 Å². The van der Waals surface area contributed by atoms with Crippen LogP contribution in [-0.4, -0.2) is 19.5 Å². The first kappa shape index (κ1) is 23.2. The van der Waals surface area contributed by atoms with Crippen molar-refractivity contribution in [3.8, 4) is 11.1 Å². The average Bonchev–Trinajstić information content (AvgIpc) is 3.58. The van der Waals surface area contributed by atoms with E-state index in [1.807, 2.05) is 18.2 Å². The first-order valence-electron chi connectivity index (χ1n) is 11.6. The summed E-state index contributed by atoms with van der Waals surface area (Å²) in [5.41, 5.74) is 14.5. The van der Waals surface area contributed by atoms with E-state index in [2.05, 4.69) is 98.1 Å². The second kappa shape index (κ2) is 8.93. The molecule has 4 aromatic rings. The molecule has 0 spiro atoms. The Morgan fingerprint density at radius 2 is 1.31 bits per heavy atom. The van der Waals surface area contributed by atoms with Crippen molar-refractivity contribution in [3.63, 3.8) is 0 Å². The molecule has 2 aliphatic heterocycles. The van der Waals surface area contributed by atoms with E-state index in [0.717, 1.165) is 39.3 Å². The molecule has 1 aromatic carbocycles. The average molecular weight is 549 g/mol. The third-order valence-electron chi connectivity index (χ3n) is 6.76. The fourth-order valence-corrected chi connectivity index (χ4v) is 5.25. The van der Waals surface area contributed by atoms with Crippen LogP contribution in [0.1, 0.15) is 39.5 Å². The summed E-state index contributed by atoms with van der Waals surface area (Å²) in [6, 6.07) is 19.2. The van der Waals surface area contributed by atoms with Gasteiger partial charge in [-0.2, -0.15) is 0 Å². The zero-order valence-corrected chi connectivity index (χ0v) is 21.7. The number of benzene rings is 1. The number of nitrogens with zero attached hydrogens (tertiary/aromatic N) is 3. The van der Waals surface area contributed by atoms with E-state index < -0.39 is 0 Å². The predicted molar refractivity (Wildman–Crippen MR) is 143 cm³/mol. The van der Waals surface area contributed by atoms with Crippen LogP contribution in [0, 0.1) is 20.8 Å². The summed E-state index contributed by atoms with van der Waals surface area (Å²) in [7, 11) is 2.16. The topological polar surface area (TPSA) is 46.5 Å². The van der Waals surface area contributed by atoms with Gasteiger partial charge in [-0.15, -0.1) is 0 Å². The molecule has 5 heteroatoms. The Kier molecular flexibility index (Phi) is 5.93. The molecule has 6 rings (SSSR count). The van der Waals surface area contributed by atoms with Crippen molar-refractivity contribution in [1.82, 2.24) is 19.5 Å². The Bertz CT molecular complexity index is 1690. The summed E-state index contributed by atoms with van der Waals surface area (Å²) < 4.78 is 2.31. The Morgan fingerprint density at radius 3 is 1.97 bits per heavy atom. The van der Waals surface area contributed by atoms with E-state index in [1.54, 1.807) is 0 Å². The third-order valence-corrected chi connectivity index (χ3v) is 6.76. The third kappa shape index (κ3) is 4.01. The molecule has 0 unspecified atom stereocenters. The Balaban J connectivity index is 0.00000253. The van der Waals surface area contributed by atoms with Crippen molar-refractivity contribution < 1.29 is 20.4 Å². The number of hydrogen-bond acceptors (Lipinski definition) is 2. The number of nitrogens with one attached hydrogen (secondary N) is 1. The molecule has 4 nitrogen and oxygen atoms in total. The standard InChI is InChI=1S/C30H26N4.Pd/c1-18-14-26-16-24-11-10-22(31-24)15-23-12-13-25(32-23)17-27-28(21-8-6-5-7-9-21)19(2)30(34(27)4)20(3)29(18)33-26;/h5-17,33H,1-4H3;. The smallest absolute Gasteiger partial charge is 0.0659 e. The molecule has 2 aliphatic rings. The monoisotopic (exact) mass is 548 g/mol. The van der Waals surface area contributed by atoms with Gasteiger partial charge in [-0.3, -0.25) is 0 Å². The van der Waals surface area contributed by atoms with Crippen molar-refractivity contribution >= 4 is 46.4 Å². The molecule has 0 amide bonds. The molecule has 3 aromatic heterocycles. The van der Waals surface area contributed by atoms with Crippen molar-refractivity contribution in [1.29, 1.82) is 0 Å². The summed E-state index contributed by atoms with van der Waals surface area (Å²) in [6.07, 6.45) is 8.22. The van der Waals surface area contributed by atoms with Gasteiger partial charge in [0.15, 0.2) is 0 Å². The molecule has 0 atom stereocenters. The summed E-state index contributed by atoms with van der Waals surface area (Å²) in [4.78, 5) is 13.3. The van der Waals surface area contributed by atoms with Crippen LogP contribution in [0.4, 0.5) is 0 Å². The quantitative estimate of drug-likeness (QED) is 0.220. The van der Waals surface area contributed by atoms with E-state index >= 15 is 0 Å². The van der Waals surface area contributed by atoms with Crippen LogP contribution in [0.5, 0.6) is 0 Å². The van der Waals surface area contributed by atoms with E-state index in [1.165, 1.54) is 33.3 Å². The molecular formula is C30H26N4Pd.